The summed E-state index contributed by atoms with van der Waals surface area (Å²) in [6, 6.07) is 26.3. The number of para-hydroxylation sites is 1. The van der Waals surface area contributed by atoms with Crippen LogP contribution in [0.4, 0.5) is 0 Å². The molecular formula is C30H31N3O2. The summed E-state index contributed by atoms with van der Waals surface area (Å²) in [5, 5.41) is 4.40. The quantitative estimate of drug-likeness (QED) is 0.376. The molecule has 1 aromatic heterocycles. The van der Waals surface area contributed by atoms with Gasteiger partial charge in [0.25, 0.3) is 5.91 Å². The number of aromatic nitrogens is 1. The maximum atomic E-state index is 12.9. The van der Waals surface area contributed by atoms with Crippen LogP contribution in [-0.4, -0.2) is 34.4 Å². The van der Waals surface area contributed by atoms with Gasteiger partial charge in [0.05, 0.1) is 0 Å². The van der Waals surface area contributed by atoms with Crippen molar-refractivity contribution in [2.75, 3.05) is 13.1 Å². The van der Waals surface area contributed by atoms with Crippen LogP contribution >= 0.6 is 0 Å². The van der Waals surface area contributed by atoms with Crippen molar-refractivity contribution in [1.82, 2.24) is 14.8 Å². The molecule has 5 nitrogen and oxygen atoms in total. The van der Waals surface area contributed by atoms with Gasteiger partial charge in [0.15, 0.2) is 0 Å². The minimum Gasteiger partial charge on any atom is -0.355 e. The van der Waals surface area contributed by atoms with Gasteiger partial charge in [-0.25, -0.2) is 0 Å². The van der Waals surface area contributed by atoms with Crippen LogP contribution in [0.25, 0.3) is 10.9 Å². The van der Waals surface area contributed by atoms with Crippen LogP contribution in [0, 0.1) is 0 Å². The number of hydrogen-bond acceptors (Lipinski definition) is 2. The molecule has 0 aliphatic carbocycles. The van der Waals surface area contributed by atoms with E-state index in [1.165, 1.54) is 16.5 Å². The van der Waals surface area contributed by atoms with Crippen LogP contribution in [-0.2, 0) is 24.8 Å². The van der Waals surface area contributed by atoms with Gasteiger partial charge >= 0.3 is 0 Å². The third-order valence-corrected chi connectivity index (χ3v) is 6.98. The van der Waals surface area contributed by atoms with E-state index in [1.54, 1.807) is 0 Å². The number of hydrogen-bond donors (Lipinski definition) is 1. The second-order valence-electron chi connectivity index (χ2n) is 9.39. The normalized spacial score (nSPS) is 13.7. The Bertz CT molecular complexity index is 1340. The summed E-state index contributed by atoms with van der Waals surface area (Å²) in [6.07, 6.45) is 4.32. The molecule has 1 atom stereocenters. The molecule has 1 N–H and O–H groups in total. The average Bonchev–Trinajstić information content (AvgIpc) is 3.38. The number of carbonyl (C=O) groups excluding carboxylic acids is 2. The van der Waals surface area contributed by atoms with Crippen LogP contribution in [0.3, 0.4) is 0 Å². The molecule has 0 spiro atoms. The maximum absolute atomic E-state index is 12.9. The van der Waals surface area contributed by atoms with E-state index in [9.17, 15) is 9.59 Å². The van der Waals surface area contributed by atoms with Gasteiger partial charge in [-0.15, -0.1) is 0 Å². The first-order chi connectivity index (χ1) is 17.1. The van der Waals surface area contributed by atoms with E-state index in [4.69, 9.17) is 0 Å². The van der Waals surface area contributed by atoms with E-state index in [0.29, 0.717) is 26.1 Å². The van der Waals surface area contributed by atoms with Crippen LogP contribution in [0.5, 0.6) is 0 Å². The van der Waals surface area contributed by atoms with E-state index in [-0.39, 0.29) is 17.7 Å². The highest BCUT2D eigenvalue weighted by molar-refractivity contribution is 5.98. The number of benzene rings is 3. The second-order valence-corrected chi connectivity index (χ2v) is 9.39. The number of rotatable bonds is 9. The fourth-order valence-corrected chi connectivity index (χ4v) is 5.13. The van der Waals surface area contributed by atoms with Crippen molar-refractivity contribution in [3.8, 4) is 0 Å². The van der Waals surface area contributed by atoms with Gasteiger partial charge in [-0.05, 0) is 41.7 Å². The van der Waals surface area contributed by atoms with Crippen LogP contribution < -0.4 is 5.32 Å². The zero-order chi connectivity index (χ0) is 24.2. The van der Waals surface area contributed by atoms with Crippen LogP contribution in [0.2, 0.25) is 0 Å². The predicted octanol–water partition coefficient (Wildman–Crippen LogP) is 5.06. The number of carbonyl (C=O) groups is 2. The molecule has 178 valence electrons. The summed E-state index contributed by atoms with van der Waals surface area (Å²) in [5.41, 5.74) is 5.49. The number of nitrogens with one attached hydrogen (secondary N) is 1. The summed E-state index contributed by atoms with van der Waals surface area (Å²) in [7, 11) is 2.06. The highest BCUT2D eigenvalue weighted by atomic mass is 16.2. The molecule has 0 fully saturated rings. The Morgan fingerprint density at radius 1 is 0.971 bits per heavy atom. The fourth-order valence-electron chi connectivity index (χ4n) is 5.13. The molecule has 1 aliphatic rings. The molecule has 35 heavy (non-hydrogen) atoms. The molecule has 5 rings (SSSR count). The largest absolute Gasteiger partial charge is 0.355 e. The molecule has 3 aromatic carbocycles. The molecule has 2 heterocycles. The van der Waals surface area contributed by atoms with Gasteiger partial charge in [0.2, 0.25) is 5.91 Å². The van der Waals surface area contributed by atoms with E-state index >= 15 is 0 Å². The topological polar surface area (TPSA) is 54.3 Å². The van der Waals surface area contributed by atoms with Crippen molar-refractivity contribution < 1.29 is 9.59 Å². The second kappa shape index (κ2) is 10.2. The minimum atomic E-state index is 0.0384. The van der Waals surface area contributed by atoms with Gasteiger partial charge in [-0.1, -0.05) is 66.7 Å². The maximum Gasteiger partial charge on any atom is 0.254 e. The molecule has 0 radical (unpaired) electrons. The average molecular weight is 466 g/mol. The molecular weight excluding hydrogens is 434 g/mol. The molecule has 0 saturated heterocycles. The molecule has 0 bridgehead atoms. The Morgan fingerprint density at radius 2 is 1.71 bits per heavy atom. The smallest absolute Gasteiger partial charge is 0.254 e. The van der Waals surface area contributed by atoms with Gasteiger partial charge in [0, 0.05) is 61.7 Å². The van der Waals surface area contributed by atoms with E-state index in [1.807, 2.05) is 47.4 Å². The predicted molar refractivity (Wildman–Crippen MR) is 139 cm³/mol. The highest BCUT2D eigenvalue weighted by Crippen LogP contribution is 2.26. The highest BCUT2D eigenvalue weighted by Gasteiger charge is 2.29. The van der Waals surface area contributed by atoms with E-state index < -0.39 is 0 Å². The van der Waals surface area contributed by atoms with Crippen molar-refractivity contribution in [2.45, 2.75) is 31.7 Å². The van der Waals surface area contributed by atoms with Gasteiger partial charge in [-0.2, -0.15) is 0 Å². The molecule has 1 aliphatic heterocycles. The third-order valence-electron chi connectivity index (χ3n) is 6.98. The van der Waals surface area contributed by atoms with Crippen molar-refractivity contribution in [1.29, 1.82) is 0 Å². The molecule has 5 heteroatoms. The summed E-state index contributed by atoms with van der Waals surface area (Å²) in [5.74, 6) is 0.168. The molecule has 1 unspecified atom stereocenters. The summed E-state index contributed by atoms with van der Waals surface area (Å²) in [6.45, 7) is 1.71. The SMILES string of the molecule is Cn1cc(CCCC(=O)NCC(CN2Cc3ccccc3C2=O)c2ccccc2)c2ccccc21. The van der Waals surface area contributed by atoms with Crippen molar-refractivity contribution in [3.05, 3.63) is 107 Å². The Labute approximate surface area is 206 Å². The monoisotopic (exact) mass is 465 g/mol. The number of aryl methyl sites for hydroxylation is 2. The first kappa shape index (κ1) is 22.9. The summed E-state index contributed by atoms with van der Waals surface area (Å²) in [4.78, 5) is 27.5. The lowest BCUT2D eigenvalue weighted by atomic mass is 9.98. The van der Waals surface area contributed by atoms with E-state index in [0.717, 1.165) is 29.5 Å². The molecule has 0 saturated carbocycles. The first-order valence-electron chi connectivity index (χ1n) is 12.3. The van der Waals surface area contributed by atoms with Gasteiger partial charge in [0.1, 0.15) is 0 Å². The Kier molecular flexibility index (Phi) is 6.66. The Morgan fingerprint density at radius 3 is 2.54 bits per heavy atom. The summed E-state index contributed by atoms with van der Waals surface area (Å²) < 4.78 is 2.15. The van der Waals surface area contributed by atoms with Crippen LogP contribution in [0.1, 0.15) is 45.8 Å². The number of fused-ring (bicyclic) bond motifs is 2. The number of amides is 2. The zero-order valence-corrected chi connectivity index (χ0v) is 20.1. The van der Waals surface area contributed by atoms with Gasteiger partial charge in [-0.3, -0.25) is 9.59 Å². The summed E-state index contributed by atoms with van der Waals surface area (Å²) >= 11 is 0. The van der Waals surface area contributed by atoms with Crippen molar-refractivity contribution in [2.24, 2.45) is 7.05 Å². The molecule has 2 amide bonds. The van der Waals surface area contributed by atoms with Crippen LogP contribution in [0.15, 0.2) is 85.1 Å². The fraction of sp³-hybridized carbons (Fsp3) is 0.267. The first-order valence-corrected chi connectivity index (χ1v) is 12.3. The van der Waals surface area contributed by atoms with Gasteiger partial charge < -0.3 is 14.8 Å². The lowest BCUT2D eigenvalue weighted by Gasteiger charge is -2.24. The molecule has 4 aromatic rings. The number of nitrogens with zero attached hydrogens (tertiary/aromatic N) is 2. The lowest BCUT2D eigenvalue weighted by Crippen LogP contribution is -2.35. The van der Waals surface area contributed by atoms with Crippen molar-refractivity contribution >= 4 is 22.7 Å². The van der Waals surface area contributed by atoms with Crippen molar-refractivity contribution in [3.63, 3.8) is 0 Å². The lowest BCUT2D eigenvalue weighted by molar-refractivity contribution is -0.121. The zero-order valence-electron chi connectivity index (χ0n) is 20.1. The van der Waals surface area contributed by atoms with E-state index in [2.05, 4.69) is 59.5 Å². The Hall–Kier alpha value is -3.86. The Balaban J connectivity index is 1.18. The standard InChI is InChI=1S/C30H31N3O2/c1-32-19-23(26-14-7-8-16-28(26)32)13-9-17-29(34)31-18-25(22-10-3-2-4-11-22)21-33-20-24-12-5-6-15-27(24)30(33)35/h2-8,10-12,14-16,19,25H,9,13,17-18,20-21H2,1H3,(H,31,34). The minimum absolute atomic E-state index is 0.0384. The third kappa shape index (κ3) is 4.99.